The van der Waals surface area contributed by atoms with E-state index in [0.29, 0.717) is 20.7 Å². The van der Waals surface area contributed by atoms with E-state index in [2.05, 4.69) is 5.32 Å². The zero-order chi connectivity index (χ0) is 15.7. The molecule has 1 heterocycles. The quantitative estimate of drug-likeness (QED) is 0.658. The lowest BCUT2D eigenvalue weighted by Crippen LogP contribution is -2.46. The SMILES string of the molecule is COC(=O)C1=C(C)N(C)C(=S)NC1c1ccc(Cl)c(Cl)c1. The van der Waals surface area contributed by atoms with Gasteiger partial charge in [-0.15, -0.1) is 0 Å². The van der Waals surface area contributed by atoms with Crippen LogP contribution in [0.25, 0.3) is 0 Å². The van der Waals surface area contributed by atoms with E-state index >= 15 is 0 Å². The Morgan fingerprint density at radius 3 is 2.62 bits per heavy atom. The number of nitrogens with zero attached hydrogens (tertiary/aromatic N) is 1. The fraction of sp³-hybridized carbons (Fsp3) is 0.286. The third-order valence-corrected chi connectivity index (χ3v) is 4.57. The molecule has 0 saturated carbocycles. The summed E-state index contributed by atoms with van der Waals surface area (Å²) in [7, 11) is 3.14. The van der Waals surface area contributed by atoms with Crippen LogP contribution in [0, 0.1) is 0 Å². The van der Waals surface area contributed by atoms with Crippen LogP contribution in [0.2, 0.25) is 10.0 Å². The van der Waals surface area contributed by atoms with Crippen molar-refractivity contribution in [2.75, 3.05) is 14.2 Å². The van der Waals surface area contributed by atoms with Gasteiger partial charge in [-0.1, -0.05) is 29.3 Å². The number of nitrogens with one attached hydrogen (secondary N) is 1. The van der Waals surface area contributed by atoms with Gasteiger partial charge in [0.2, 0.25) is 0 Å². The fourth-order valence-corrected chi connectivity index (χ4v) is 2.71. The highest BCUT2D eigenvalue weighted by molar-refractivity contribution is 7.80. The topological polar surface area (TPSA) is 41.6 Å². The second kappa shape index (κ2) is 6.22. The molecule has 1 aromatic carbocycles. The van der Waals surface area contributed by atoms with Crippen molar-refractivity contribution in [1.29, 1.82) is 0 Å². The van der Waals surface area contributed by atoms with Gasteiger partial charge in [0.25, 0.3) is 0 Å². The first-order chi connectivity index (χ1) is 9.86. The minimum atomic E-state index is -0.420. The molecule has 0 saturated heterocycles. The van der Waals surface area contributed by atoms with Crippen LogP contribution in [0.4, 0.5) is 0 Å². The molecular weight excluding hydrogens is 331 g/mol. The average molecular weight is 345 g/mol. The third kappa shape index (κ3) is 3.00. The maximum Gasteiger partial charge on any atom is 0.337 e. The molecule has 0 aliphatic carbocycles. The van der Waals surface area contributed by atoms with Gasteiger partial charge in [0.05, 0.1) is 28.8 Å². The van der Waals surface area contributed by atoms with Crippen LogP contribution in [-0.4, -0.2) is 30.1 Å². The first-order valence-corrected chi connectivity index (χ1v) is 7.31. The highest BCUT2D eigenvalue weighted by Crippen LogP contribution is 2.33. The van der Waals surface area contributed by atoms with Gasteiger partial charge in [-0.05, 0) is 36.8 Å². The van der Waals surface area contributed by atoms with Crippen LogP contribution >= 0.6 is 35.4 Å². The smallest absolute Gasteiger partial charge is 0.337 e. The van der Waals surface area contributed by atoms with Crippen molar-refractivity contribution >= 4 is 46.5 Å². The summed E-state index contributed by atoms with van der Waals surface area (Å²) in [5.41, 5.74) is 2.02. The molecule has 1 atom stereocenters. The monoisotopic (exact) mass is 344 g/mol. The number of esters is 1. The predicted octanol–water partition coefficient (Wildman–Crippen LogP) is 3.30. The normalized spacial score (nSPS) is 18.6. The van der Waals surface area contributed by atoms with Gasteiger partial charge in [-0.25, -0.2) is 4.79 Å². The Hall–Kier alpha value is -1.30. The second-order valence-corrected chi connectivity index (χ2v) is 5.81. The fourth-order valence-electron chi connectivity index (χ4n) is 2.15. The number of ether oxygens (including phenoxy) is 1. The Morgan fingerprint density at radius 1 is 1.38 bits per heavy atom. The van der Waals surface area contributed by atoms with Crippen molar-refractivity contribution < 1.29 is 9.53 Å². The molecule has 112 valence electrons. The van der Waals surface area contributed by atoms with Crippen molar-refractivity contribution in [3.05, 3.63) is 45.1 Å². The molecule has 0 bridgehead atoms. The highest BCUT2D eigenvalue weighted by Gasteiger charge is 2.33. The van der Waals surface area contributed by atoms with Crippen LogP contribution in [0.1, 0.15) is 18.5 Å². The number of thiocarbonyl (C=S) groups is 1. The molecule has 2 rings (SSSR count). The zero-order valence-corrected chi connectivity index (χ0v) is 14.1. The van der Waals surface area contributed by atoms with Gasteiger partial charge in [0, 0.05) is 12.7 Å². The van der Waals surface area contributed by atoms with Crippen molar-refractivity contribution in [2.45, 2.75) is 13.0 Å². The molecule has 7 heteroatoms. The van der Waals surface area contributed by atoms with Crippen LogP contribution in [0.3, 0.4) is 0 Å². The van der Waals surface area contributed by atoms with E-state index < -0.39 is 12.0 Å². The molecule has 21 heavy (non-hydrogen) atoms. The van der Waals surface area contributed by atoms with Crippen LogP contribution < -0.4 is 5.32 Å². The molecule has 1 aliphatic heterocycles. The number of methoxy groups -OCH3 is 1. The average Bonchev–Trinajstić information content (AvgIpc) is 2.46. The zero-order valence-electron chi connectivity index (χ0n) is 11.7. The van der Waals surface area contributed by atoms with E-state index in [4.69, 9.17) is 40.2 Å². The minimum Gasteiger partial charge on any atom is -0.466 e. The summed E-state index contributed by atoms with van der Waals surface area (Å²) in [4.78, 5) is 13.8. The van der Waals surface area contributed by atoms with E-state index in [1.165, 1.54) is 7.11 Å². The standard InChI is InChI=1S/C14H14Cl2N2O2S/c1-7-11(13(19)20-3)12(17-14(21)18(7)2)8-4-5-9(15)10(16)6-8/h4-6,12H,1-3H3,(H,17,21). The lowest BCUT2D eigenvalue weighted by atomic mass is 9.95. The van der Waals surface area contributed by atoms with Gasteiger partial charge in [0.15, 0.2) is 5.11 Å². The van der Waals surface area contributed by atoms with E-state index in [-0.39, 0.29) is 0 Å². The lowest BCUT2D eigenvalue weighted by Gasteiger charge is -2.35. The Labute approximate surface area is 138 Å². The van der Waals surface area contributed by atoms with E-state index in [0.717, 1.165) is 11.3 Å². The molecule has 1 aliphatic rings. The summed E-state index contributed by atoms with van der Waals surface area (Å²) in [5.74, 6) is -0.412. The van der Waals surface area contributed by atoms with Crippen molar-refractivity contribution in [2.24, 2.45) is 0 Å². The predicted molar refractivity (Wildman–Crippen MR) is 87.4 cm³/mol. The number of carbonyl (C=O) groups is 1. The molecule has 0 amide bonds. The number of carbonyl (C=O) groups excluding carboxylic acids is 1. The summed E-state index contributed by atoms with van der Waals surface area (Å²) >= 11 is 17.3. The van der Waals surface area contributed by atoms with E-state index in [1.807, 2.05) is 6.92 Å². The second-order valence-electron chi connectivity index (χ2n) is 4.61. The number of halogens is 2. The molecular formula is C14H14Cl2N2O2S. The molecule has 1 aromatic rings. The Kier molecular flexibility index (Phi) is 4.76. The number of benzene rings is 1. The van der Waals surface area contributed by atoms with Gasteiger partial charge in [0.1, 0.15) is 0 Å². The summed E-state index contributed by atoms with van der Waals surface area (Å²) in [6.07, 6.45) is 0. The van der Waals surface area contributed by atoms with Crippen LogP contribution in [0.15, 0.2) is 29.5 Å². The molecule has 0 spiro atoms. The minimum absolute atomic E-state index is 0.412. The molecule has 1 N–H and O–H groups in total. The number of rotatable bonds is 2. The van der Waals surface area contributed by atoms with Crippen molar-refractivity contribution in [1.82, 2.24) is 10.2 Å². The Balaban J connectivity index is 2.56. The number of hydrogen-bond donors (Lipinski definition) is 1. The van der Waals surface area contributed by atoms with E-state index in [9.17, 15) is 4.79 Å². The molecule has 0 radical (unpaired) electrons. The summed E-state index contributed by atoms with van der Waals surface area (Å²) < 4.78 is 4.88. The summed E-state index contributed by atoms with van der Waals surface area (Å²) in [6, 6.07) is 4.78. The summed E-state index contributed by atoms with van der Waals surface area (Å²) in [5, 5.41) is 4.52. The third-order valence-electron chi connectivity index (χ3n) is 3.44. The molecule has 4 nitrogen and oxygen atoms in total. The largest absolute Gasteiger partial charge is 0.466 e. The maximum atomic E-state index is 12.1. The van der Waals surface area contributed by atoms with Gasteiger partial charge in [-0.2, -0.15) is 0 Å². The number of allylic oxidation sites excluding steroid dienone is 1. The molecule has 1 unspecified atom stereocenters. The van der Waals surface area contributed by atoms with E-state index in [1.54, 1.807) is 30.1 Å². The Bertz CT molecular complexity index is 646. The van der Waals surface area contributed by atoms with Gasteiger partial charge < -0.3 is 15.0 Å². The highest BCUT2D eigenvalue weighted by atomic mass is 35.5. The van der Waals surface area contributed by atoms with Gasteiger partial charge in [-0.3, -0.25) is 0 Å². The van der Waals surface area contributed by atoms with Crippen molar-refractivity contribution in [3.63, 3.8) is 0 Å². The maximum absolute atomic E-state index is 12.1. The van der Waals surface area contributed by atoms with Crippen molar-refractivity contribution in [3.8, 4) is 0 Å². The van der Waals surface area contributed by atoms with Gasteiger partial charge >= 0.3 is 5.97 Å². The molecule has 0 aromatic heterocycles. The van der Waals surface area contributed by atoms with Crippen LogP contribution in [0.5, 0.6) is 0 Å². The first kappa shape index (κ1) is 16.1. The lowest BCUT2D eigenvalue weighted by molar-refractivity contribution is -0.136. The van der Waals surface area contributed by atoms with Crippen LogP contribution in [-0.2, 0) is 9.53 Å². The summed E-state index contributed by atoms with van der Waals surface area (Å²) in [6.45, 7) is 1.82. The Morgan fingerprint density at radius 2 is 2.05 bits per heavy atom. The molecule has 0 fully saturated rings. The first-order valence-electron chi connectivity index (χ1n) is 6.15. The number of hydrogen-bond acceptors (Lipinski definition) is 3.